The highest BCUT2D eigenvalue weighted by atomic mass is 19.4. The average molecular weight is 226 g/mol. The van der Waals surface area contributed by atoms with Gasteiger partial charge in [-0.2, -0.15) is 13.2 Å². The van der Waals surface area contributed by atoms with E-state index < -0.39 is 11.7 Å². The van der Waals surface area contributed by atoms with Crippen molar-refractivity contribution >= 4 is 6.08 Å². The van der Waals surface area contributed by atoms with Crippen LogP contribution in [-0.2, 0) is 12.6 Å². The number of hydrogen-bond acceptors (Lipinski definition) is 0. The highest BCUT2D eigenvalue weighted by Gasteiger charge is 2.35. The monoisotopic (exact) mass is 226 g/mol. The Balaban J connectivity index is 2.45. The lowest BCUT2D eigenvalue weighted by molar-refractivity contribution is -0.138. The minimum Gasteiger partial charge on any atom is -0.166 e. The first kappa shape index (κ1) is 11.2. The molecule has 0 N–H and O–H groups in total. The van der Waals surface area contributed by atoms with Crippen molar-refractivity contribution < 1.29 is 13.2 Å². The van der Waals surface area contributed by atoms with Gasteiger partial charge >= 0.3 is 6.18 Å². The maximum atomic E-state index is 12.7. The first-order chi connectivity index (χ1) is 7.39. The predicted octanol–water partition coefficient (Wildman–Crippen LogP) is 4.30. The van der Waals surface area contributed by atoms with Crippen LogP contribution in [0.3, 0.4) is 0 Å². The summed E-state index contributed by atoms with van der Waals surface area (Å²) in [6.45, 7) is 4.01. The first-order valence-corrected chi connectivity index (χ1v) is 5.29. The minimum atomic E-state index is -4.24. The summed E-state index contributed by atoms with van der Waals surface area (Å²) < 4.78 is 38.2. The summed E-state index contributed by atoms with van der Waals surface area (Å²) in [5.74, 6) is 0.300. The standard InChI is InChI=1S/C13H13F3/c1-8(2)10-6-9-4-3-5-12(11(9)7-10)13(14,15)16/h3-6,8H,7H2,1-2H3. The van der Waals surface area contributed by atoms with Gasteiger partial charge in [0.2, 0.25) is 0 Å². The zero-order valence-corrected chi connectivity index (χ0v) is 9.23. The van der Waals surface area contributed by atoms with E-state index in [1.54, 1.807) is 6.07 Å². The summed E-state index contributed by atoms with van der Waals surface area (Å²) in [6.07, 6.45) is -1.93. The van der Waals surface area contributed by atoms with Gasteiger partial charge in [-0.3, -0.25) is 0 Å². The Morgan fingerprint density at radius 3 is 2.44 bits per heavy atom. The highest BCUT2D eigenvalue weighted by Crippen LogP contribution is 2.39. The number of rotatable bonds is 1. The van der Waals surface area contributed by atoms with Gasteiger partial charge in [-0.25, -0.2) is 0 Å². The molecule has 1 aliphatic rings. The molecule has 1 aromatic carbocycles. The minimum absolute atomic E-state index is 0.300. The third kappa shape index (κ3) is 1.86. The molecule has 0 aromatic heterocycles. The quantitative estimate of drug-likeness (QED) is 0.669. The average Bonchev–Trinajstić information content (AvgIpc) is 2.58. The predicted molar refractivity (Wildman–Crippen MR) is 58.0 cm³/mol. The Morgan fingerprint density at radius 2 is 1.88 bits per heavy atom. The van der Waals surface area contributed by atoms with Crippen LogP contribution in [0.4, 0.5) is 13.2 Å². The van der Waals surface area contributed by atoms with Crippen LogP contribution in [0.2, 0.25) is 0 Å². The fourth-order valence-corrected chi connectivity index (χ4v) is 2.03. The van der Waals surface area contributed by atoms with Crippen LogP contribution in [0.15, 0.2) is 23.8 Å². The molecule has 1 aliphatic carbocycles. The van der Waals surface area contributed by atoms with E-state index in [0.29, 0.717) is 17.9 Å². The molecule has 86 valence electrons. The molecule has 16 heavy (non-hydrogen) atoms. The second kappa shape index (κ2) is 3.65. The number of benzene rings is 1. The first-order valence-electron chi connectivity index (χ1n) is 5.29. The van der Waals surface area contributed by atoms with Crippen molar-refractivity contribution in [3.05, 3.63) is 40.5 Å². The second-order valence-electron chi connectivity index (χ2n) is 4.42. The van der Waals surface area contributed by atoms with Crippen LogP contribution in [0.5, 0.6) is 0 Å². The molecule has 0 amide bonds. The largest absolute Gasteiger partial charge is 0.416 e. The van der Waals surface area contributed by atoms with E-state index in [1.165, 1.54) is 6.07 Å². The number of halogens is 3. The van der Waals surface area contributed by atoms with Crippen LogP contribution < -0.4 is 0 Å². The molecule has 0 saturated carbocycles. The van der Waals surface area contributed by atoms with Crippen LogP contribution in [0.25, 0.3) is 6.08 Å². The van der Waals surface area contributed by atoms with Crippen molar-refractivity contribution in [2.75, 3.05) is 0 Å². The number of hydrogen-bond donors (Lipinski definition) is 0. The third-order valence-electron chi connectivity index (χ3n) is 2.98. The summed E-state index contributed by atoms with van der Waals surface area (Å²) in [4.78, 5) is 0. The highest BCUT2D eigenvalue weighted by molar-refractivity contribution is 5.66. The van der Waals surface area contributed by atoms with Crippen molar-refractivity contribution in [3.63, 3.8) is 0 Å². The van der Waals surface area contributed by atoms with E-state index in [1.807, 2.05) is 19.9 Å². The molecule has 0 atom stereocenters. The lowest BCUT2D eigenvalue weighted by Gasteiger charge is -2.12. The maximum Gasteiger partial charge on any atom is 0.416 e. The van der Waals surface area contributed by atoms with Gasteiger partial charge in [0.15, 0.2) is 0 Å². The fourth-order valence-electron chi connectivity index (χ4n) is 2.03. The molecule has 0 heterocycles. The van der Waals surface area contributed by atoms with Gasteiger partial charge in [-0.15, -0.1) is 0 Å². The van der Waals surface area contributed by atoms with Gasteiger partial charge in [0.1, 0.15) is 0 Å². The van der Waals surface area contributed by atoms with E-state index in [4.69, 9.17) is 0 Å². The summed E-state index contributed by atoms with van der Waals surface area (Å²) in [7, 11) is 0. The molecule has 1 aromatic rings. The van der Waals surface area contributed by atoms with Gasteiger partial charge in [0, 0.05) is 0 Å². The maximum absolute atomic E-state index is 12.7. The number of fused-ring (bicyclic) bond motifs is 1. The molecular formula is C13H13F3. The molecule has 0 fully saturated rings. The zero-order chi connectivity index (χ0) is 11.9. The summed E-state index contributed by atoms with van der Waals surface area (Å²) >= 11 is 0. The Bertz CT molecular complexity index is 439. The van der Waals surface area contributed by atoms with Crippen LogP contribution in [0, 0.1) is 5.92 Å². The molecule has 0 saturated heterocycles. The van der Waals surface area contributed by atoms with E-state index >= 15 is 0 Å². The Labute approximate surface area is 92.8 Å². The summed E-state index contributed by atoms with van der Waals surface area (Å²) in [5.41, 5.74) is 1.74. The molecule has 0 unspecified atom stereocenters. The molecule has 0 bridgehead atoms. The van der Waals surface area contributed by atoms with Gasteiger partial charge in [0.05, 0.1) is 5.56 Å². The third-order valence-corrected chi connectivity index (χ3v) is 2.98. The van der Waals surface area contributed by atoms with Crippen LogP contribution in [-0.4, -0.2) is 0 Å². The lowest BCUT2D eigenvalue weighted by atomic mass is 9.98. The SMILES string of the molecule is CC(C)C1=Cc2cccc(C(F)(F)F)c2C1. The topological polar surface area (TPSA) is 0 Å². The molecular weight excluding hydrogens is 213 g/mol. The number of alkyl halides is 3. The van der Waals surface area contributed by atoms with Gasteiger partial charge in [-0.1, -0.05) is 37.6 Å². The smallest absolute Gasteiger partial charge is 0.166 e. The summed E-state index contributed by atoms with van der Waals surface area (Å²) in [5, 5.41) is 0. The van der Waals surface area contributed by atoms with E-state index in [9.17, 15) is 13.2 Å². The van der Waals surface area contributed by atoms with Crippen LogP contribution in [0.1, 0.15) is 30.5 Å². The summed E-state index contributed by atoms with van der Waals surface area (Å²) in [6, 6.07) is 4.39. The Kier molecular flexibility index (Phi) is 2.56. The molecule has 0 radical (unpaired) electrons. The van der Waals surface area contributed by atoms with E-state index in [2.05, 4.69) is 0 Å². The van der Waals surface area contributed by atoms with Gasteiger partial charge in [0.25, 0.3) is 0 Å². The van der Waals surface area contributed by atoms with Crippen molar-refractivity contribution in [1.29, 1.82) is 0 Å². The van der Waals surface area contributed by atoms with E-state index in [-0.39, 0.29) is 0 Å². The molecule has 0 aliphatic heterocycles. The Hall–Kier alpha value is -1.25. The number of allylic oxidation sites excluding steroid dienone is 1. The molecule has 0 spiro atoms. The molecule has 2 rings (SSSR count). The van der Waals surface area contributed by atoms with Gasteiger partial charge < -0.3 is 0 Å². The van der Waals surface area contributed by atoms with Crippen LogP contribution >= 0.6 is 0 Å². The second-order valence-corrected chi connectivity index (χ2v) is 4.42. The normalized spacial score (nSPS) is 15.2. The van der Waals surface area contributed by atoms with Gasteiger partial charge in [-0.05, 0) is 29.5 Å². The van der Waals surface area contributed by atoms with Crippen molar-refractivity contribution in [1.82, 2.24) is 0 Å². The lowest BCUT2D eigenvalue weighted by Crippen LogP contribution is -2.09. The zero-order valence-electron chi connectivity index (χ0n) is 9.23. The van der Waals surface area contributed by atoms with Crippen molar-refractivity contribution in [2.45, 2.75) is 26.4 Å². The Morgan fingerprint density at radius 1 is 1.19 bits per heavy atom. The van der Waals surface area contributed by atoms with E-state index in [0.717, 1.165) is 17.2 Å². The molecule has 0 nitrogen and oxygen atoms in total. The fraction of sp³-hybridized carbons (Fsp3) is 0.385. The van der Waals surface area contributed by atoms with Crippen molar-refractivity contribution in [2.24, 2.45) is 5.92 Å². The van der Waals surface area contributed by atoms with Crippen molar-refractivity contribution in [3.8, 4) is 0 Å². The molecule has 3 heteroatoms.